The SMILES string of the molecule is CNCc1ccc2c(c1)c(C(N)=O)nn2-c1cc(I)ccn1. The molecular weight excluding hydrogens is 393 g/mol. The lowest BCUT2D eigenvalue weighted by Crippen LogP contribution is -2.13. The zero-order chi connectivity index (χ0) is 15.7. The molecule has 1 aromatic carbocycles. The van der Waals surface area contributed by atoms with Gasteiger partial charge >= 0.3 is 0 Å². The number of rotatable bonds is 4. The quantitative estimate of drug-likeness (QED) is 0.647. The molecule has 0 atom stereocenters. The van der Waals surface area contributed by atoms with Crippen molar-refractivity contribution in [1.29, 1.82) is 0 Å². The van der Waals surface area contributed by atoms with Crippen molar-refractivity contribution < 1.29 is 4.79 Å². The predicted molar refractivity (Wildman–Crippen MR) is 92.9 cm³/mol. The first-order chi connectivity index (χ1) is 10.6. The summed E-state index contributed by atoms with van der Waals surface area (Å²) in [5.74, 6) is 0.113. The van der Waals surface area contributed by atoms with E-state index in [1.54, 1.807) is 10.9 Å². The highest BCUT2D eigenvalue weighted by molar-refractivity contribution is 14.1. The summed E-state index contributed by atoms with van der Waals surface area (Å²) in [6.45, 7) is 0.709. The van der Waals surface area contributed by atoms with Crippen LogP contribution in [0.4, 0.5) is 0 Å². The second-order valence-corrected chi connectivity index (χ2v) is 6.08. The molecule has 2 aromatic heterocycles. The number of amides is 1. The molecule has 22 heavy (non-hydrogen) atoms. The van der Waals surface area contributed by atoms with Crippen molar-refractivity contribution in [2.24, 2.45) is 5.73 Å². The maximum atomic E-state index is 11.7. The van der Waals surface area contributed by atoms with Crippen LogP contribution in [0.5, 0.6) is 0 Å². The molecule has 0 aliphatic heterocycles. The molecule has 3 N–H and O–H groups in total. The summed E-state index contributed by atoms with van der Waals surface area (Å²) >= 11 is 2.21. The van der Waals surface area contributed by atoms with Crippen LogP contribution in [0.15, 0.2) is 36.5 Å². The molecule has 0 spiro atoms. The van der Waals surface area contributed by atoms with E-state index in [1.165, 1.54) is 0 Å². The lowest BCUT2D eigenvalue weighted by molar-refractivity contribution is 0.0996. The molecule has 7 heteroatoms. The molecule has 0 bridgehead atoms. The van der Waals surface area contributed by atoms with E-state index in [2.05, 4.69) is 38.0 Å². The summed E-state index contributed by atoms with van der Waals surface area (Å²) in [4.78, 5) is 16.0. The van der Waals surface area contributed by atoms with E-state index in [9.17, 15) is 4.79 Å². The minimum absolute atomic E-state index is 0.258. The Hall–Kier alpha value is -2.00. The average Bonchev–Trinajstić information content (AvgIpc) is 2.86. The first-order valence-electron chi connectivity index (χ1n) is 6.68. The zero-order valence-corrected chi connectivity index (χ0v) is 14.0. The van der Waals surface area contributed by atoms with Gasteiger partial charge < -0.3 is 11.1 Å². The van der Waals surface area contributed by atoms with Gasteiger partial charge in [-0.05, 0) is 59.5 Å². The number of carbonyl (C=O) groups excluding carboxylic acids is 1. The molecule has 3 aromatic rings. The Kier molecular flexibility index (Phi) is 4.08. The van der Waals surface area contributed by atoms with Gasteiger partial charge in [-0.25, -0.2) is 9.67 Å². The molecule has 0 aliphatic rings. The summed E-state index contributed by atoms with van der Waals surface area (Å²) in [6, 6.07) is 9.66. The van der Waals surface area contributed by atoms with Gasteiger partial charge in [-0.15, -0.1) is 0 Å². The van der Waals surface area contributed by atoms with Crippen LogP contribution >= 0.6 is 22.6 Å². The fourth-order valence-electron chi connectivity index (χ4n) is 2.35. The molecule has 0 radical (unpaired) electrons. The third kappa shape index (κ3) is 2.69. The molecule has 6 nitrogen and oxygen atoms in total. The molecule has 0 aliphatic carbocycles. The van der Waals surface area contributed by atoms with Crippen molar-refractivity contribution in [3.8, 4) is 5.82 Å². The zero-order valence-electron chi connectivity index (χ0n) is 11.9. The number of carbonyl (C=O) groups is 1. The number of benzene rings is 1. The van der Waals surface area contributed by atoms with Crippen LogP contribution in [0.1, 0.15) is 16.1 Å². The highest BCUT2D eigenvalue weighted by Crippen LogP contribution is 2.23. The van der Waals surface area contributed by atoms with E-state index >= 15 is 0 Å². The van der Waals surface area contributed by atoms with Crippen molar-refractivity contribution >= 4 is 39.4 Å². The fraction of sp³-hybridized carbons (Fsp3) is 0.133. The number of hydrogen-bond donors (Lipinski definition) is 2. The number of pyridine rings is 1. The van der Waals surface area contributed by atoms with E-state index in [-0.39, 0.29) is 5.69 Å². The van der Waals surface area contributed by atoms with E-state index in [0.29, 0.717) is 12.4 Å². The number of fused-ring (bicyclic) bond motifs is 1. The van der Waals surface area contributed by atoms with Gasteiger partial charge in [0.1, 0.15) is 0 Å². The minimum atomic E-state index is -0.545. The number of nitrogens with two attached hydrogens (primary N) is 1. The van der Waals surface area contributed by atoms with Crippen LogP contribution in [-0.2, 0) is 6.54 Å². The second-order valence-electron chi connectivity index (χ2n) is 4.84. The Balaban J connectivity index is 2.25. The summed E-state index contributed by atoms with van der Waals surface area (Å²) in [7, 11) is 1.87. The van der Waals surface area contributed by atoms with Crippen molar-refractivity contribution in [2.45, 2.75) is 6.54 Å². The Bertz CT molecular complexity index is 858. The molecule has 3 rings (SSSR count). The number of aromatic nitrogens is 3. The van der Waals surface area contributed by atoms with Gasteiger partial charge in [0.05, 0.1) is 5.52 Å². The Morgan fingerprint density at radius 3 is 2.86 bits per heavy atom. The number of halogens is 1. The van der Waals surface area contributed by atoms with E-state index < -0.39 is 5.91 Å². The molecule has 0 fully saturated rings. The van der Waals surface area contributed by atoms with Crippen LogP contribution in [0.25, 0.3) is 16.7 Å². The Morgan fingerprint density at radius 1 is 1.36 bits per heavy atom. The van der Waals surface area contributed by atoms with Gasteiger partial charge in [-0.3, -0.25) is 4.79 Å². The predicted octanol–water partition coefficient (Wildman–Crippen LogP) is 1.84. The van der Waals surface area contributed by atoms with E-state index in [4.69, 9.17) is 5.73 Å². The number of nitrogens with zero attached hydrogens (tertiary/aromatic N) is 3. The highest BCUT2D eigenvalue weighted by atomic mass is 127. The summed E-state index contributed by atoms with van der Waals surface area (Å²) in [5.41, 5.74) is 7.60. The van der Waals surface area contributed by atoms with Gasteiger partial charge in [0, 0.05) is 21.7 Å². The smallest absolute Gasteiger partial charge is 0.269 e. The third-order valence-corrected chi connectivity index (χ3v) is 3.95. The van der Waals surface area contributed by atoms with Crippen molar-refractivity contribution in [2.75, 3.05) is 7.05 Å². The number of nitrogens with one attached hydrogen (secondary N) is 1. The summed E-state index contributed by atoms with van der Waals surface area (Å²) < 4.78 is 2.69. The number of hydrogen-bond acceptors (Lipinski definition) is 4. The van der Waals surface area contributed by atoms with Gasteiger partial charge in [-0.2, -0.15) is 5.10 Å². The maximum absolute atomic E-state index is 11.7. The van der Waals surface area contributed by atoms with Gasteiger partial charge in [0.25, 0.3) is 5.91 Å². The van der Waals surface area contributed by atoms with Crippen LogP contribution in [-0.4, -0.2) is 27.7 Å². The monoisotopic (exact) mass is 407 g/mol. The molecule has 0 saturated heterocycles. The first kappa shape index (κ1) is 14.9. The second kappa shape index (κ2) is 6.01. The van der Waals surface area contributed by atoms with Crippen molar-refractivity contribution in [3.63, 3.8) is 0 Å². The topological polar surface area (TPSA) is 85.8 Å². The highest BCUT2D eigenvalue weighted by Gasteiger charge is 2.17. The average molecular weight is 407 g/mol. The molecule has 112 valence electrons. The summed E-state index contributed by atoms with van der Waals surface area (Å²) in [6.07, 6.45) is 1.71. The molecule has 2 heterocycles. The van der Waals surface area contributed by atoms with E-state index in [0.717, 1.165) is 20.0 Å². The fourth-order valence-corrected chi connectivity index (χ4v) is 2.78. The number of primary amides is 1. The minimum Gasteiger partial charge on any atom is -0.364 e. The van der Waals surface area contributed by atoms with Crippen molar-refractivity contribution in [3.05, 3.63) is 51.4 Å². The normalized spacial score (nSPS) is 11.0. The Labute approximate surface area is 140 Å². The van der Waals surface area contributed by atoms with Crippen LogP contribution in [0.2, 0.25) is 0 Å². The molecule has 1 amide bonds. The summed E-state index contributed by atoms with van der Waals surface area (Å²) in [5, 5.41) is 8.18. The standard InChI is InChI=1S/C15H14IN5O/c1-18-8-9-2-3-12-11(6-9)14(15(17)22)20-21(12)13-7-10(16)4-5-19-13/h2-7,18H,8H2,1H3,(H2,17,22). The van der Waals surface area contributed by atoms with Gasteiger partial charge in [0.15, 0.2) is 11.5 Å². The van der Waals surface area contributed by atoms with Gasteiger partial charge in [-0.1, -0.05) is 6.07 Å². The molecule has 0 unspecified atom stereocenters. The van der Waals surface area contributed by atoms with Gasteiger partial charge in [0.2, 0.25) is 0 Å². The largest absolute Gasteiger partial charge is 0.364 e. The molecule has 0 saturated carbocycles. The maximum Gasteiger partial charge on any atom is 0.269 e. The van der Waals surface area contributed by atoms with E-state index in [1.807, 2.05) is 37.4 Å². The molecular formula is C15H14IN5O. The Morgan fingerprint density at radius 2 is 2.18 bits per heavy atom. The third-order valence-electron chi connectivity index (χ3n) is 3.28. The lowest BCUT2D eigenvalue weighted by Gasteiger charge is -2.04. The van der Waals surface area contributed by atoms with Crippen molar-refractivity contribution in [1.82, 2.24) is 20.1 Å². The van der Waals surface area contributed by atoms with Crippen LogP contribution in [0, 0.1) is 3.57 Å². The first-order valence-corrected chi connectivity index (χ1v) is 7.76. The van der Waals surface area contributed by atoms with Crippen LogP contribution < -0.4 is 11.1 Å². The van der Waals surface area contributed by atoms with Crippen LogP contribution in [0.3, 0.4) is 0 Å². The lowest BCUT2D eigenvalue weighted by atomic mass is 10.1.